The maximum Gasteiger partial charge on any atom is 0.325 e. The standard InChI is InChI=1S/C15H31NO3S/c1-5-10-16-15(2,14(17)19-4)9-6-7-12-20-13-8-11-18-3/h16H,5-13H2,1-4H3. The van der Waals surface area contributed by atoms with Gasteiger partial charge in [0.25, 0.3) is 0 Å². The van der Waals surface area contributed by atoms with Gasteiger partial charge in [0, 0.05) is 13.7 Å². The molecule has 0 aromatic heterocycles. The molecule has 120 valence electrons. The lowest BCUT2D eigenvalue weighted by atomic mass is 9.95. The molecule has 0 rings (SSSR count). The Balaban J connectivity index is 3.82. The van der Waals surface area contributed by atoms with Gasteiger partial charge in [0.05, 0.1) is 7.11 Å². The van der Waals surface area contributed by atoms with Crippen molar-refractivity contribution in [2.75, 3.05) is 38.9 Å². The Hall–Kier alpha value is -0.260. The van der Waals surface area contributed by atoms with E-state index in [1.54, 1.807) is 7.11 Å². The molecule has 20 heavy (non-hydrogen) atoms. The molecule has 4 nitrogen and oxygen atoms in total. The third-order valence-electron chi connectivity index (χ3n) is 3.25. The summed E-state index contributed by atoms with van der Waals surface area (Å²) in [5.41, 5.74) is -0.536. The molecule has 0 spiro atoms. The fraction of sp³-hybridized carbons (Fsp3) is 0.933. The van der Waals surface area contributed by atoms with Crippen LogP contribution in [-0.4, -0.2) is 50.4 Å². The van der Waals surface area contributed by atoms with Crippen molar-refractivity contribution in [1.82, 2.24) is 5.32 Å². The first kappa shape index (κ1) is 19.7. The number of carbonyl (C=O) groups excluding carboxylic acids is 1. The Morgan fingerprint density at radius 1 is 1.20 bits per heavy atom. The lowest BCUT2D eigenvalue weighted by molar-refractivity contribution is -0.148. The van der Waals surface area contributed by atoms with Gasteiger partial charge < -0.3 is 14.8 Å². The van der Waals surface area contributed by atoms with Crippen molar-refractivity contribution in [1.29, 1.82) is 0 Å². The van der Waals surface area contributed by atoms with Gasteiger partial charge in [-0.15, -0.1) is 0 Å². The van der Waals surface area contributed by atoms with Gasteiger partial charge in [0.2, 0.25) is 0 Å². The number of thioether (sulfide) groups is 1. The summed E-state index contributed by atoms with van der Waals surface area (Å²) in [5, 5.41) is 3.32. The van der Waals surface area contributed by atoms with Crippen LogP contribution in [0.3, 0.4) is 0 Å². The summed E-state index contributed by atoms with van der Waals surface area (Å²) < 4.78 is 9.93. The van der Waals surface area contributed by atoms with Crippen LogP contribution >= 0.6 is 11.8 Å². The molecule has 0 saturated carbocycles. The first-order chi connectivity index (χ1) is 9.60. The van der Waals surface area contributed by atoms with Crippen LogP contribution in [0.15, 0.2) is 0 Å². The topological polar surface area (TPSA) is 47.6 Å². The first-order valence-corrected chi connectivity index (χ1v) is 8.66. The van der Waals surface area contributed by atoms with E-state index in [1.165, 1.54) is 7.11 Å². The van der Waals surface area contributed by atoms with E-state index in [0.717, 1.165) is 56.8 Å². The normalized spacial score (nSPS) is 14.0. The van der Waals surface area contributed by atoms with Crippen molar-refractivity contribution in [3.63, 3.8) is 0 Å². The van der Waals surface area contributed by atoms with Crippen molar-refractivity contribution in [3.05, 3.63) is 0 Å². The number of hydrogen-bond acceptors (Lipinski definition) is 5. The fourth-order valence-electron chi connectivity index (χ4n) is 1.98. The second kappa shape index (κ2) is 12.5. The van der Waals surface area contributed by atoms with Crippen LogP contribution in [0.25, 0.3) is 0 Å². The molecule has 0 aliphatic carbocycles. The number of carbonyl (C=O) groups is 1. The highest BCUT2D eigenvalue weighted by atomic mass is 32.2. The van der Waals surface area contributed by atoms with Gasteiger partial charge in [-0.05, 0) is 50.7 Å². The minimum absolute atomic E-state index is 0.154. The van der Waals surface area contributed by atoms with Gasteiger partial charge in [-0.2, -0.15) is 11.8 Å². The van der Waals surface area contributed by atoms with E-state index in [2.05, 4.69) is 12.2 Å². The average Bonchev–Trinajstić information content (AvgIpc) is 2.47. The Labute approximate surface area is 128 Å². The highest BCUT2D eigenvalue weighted by molar-refractivity contribution is 7.99. The summed E-state index contributed by atoms with van der Waals surface area (Å²) in [7, 11) is 3.20. The lowest BCUT2D eigenvalue weighted by Gasteiger charge is -2.28. The van der Waals surface area contributed by atoms with Gasteiger partial charge in [-0.25, -0.2) is 0 Å². The second-order valence-electron chi connectivity index (χ2n) is 5.17. The Bertz CT molecular complexity index is 251. The van der Waals surface area contributed by atoms with Crippen molar-refractivity contribution in [2.45, 2.75) is 51.5 Å². The maximum atomic E-state index is 11.9. The maximum absolute atomic E-state index is 11.9. The van der Waals surface area contributed by atoms with Crippen molar-refractivity contribution >= 4 is 17.7 Å². The Morgan fingerprint density at radius 3 is 2.50 bits per heavy atom. The van der Waals surface area contributed by atoms with Crippen LogP contribution in [0.2, 0.25) is 0 Å². The summed E-state index contributed by atoms with van der Waals surface area (Å²) in [6.07, 6.45) is 5.14. The monoisotopic (exact) mass is 305 g/mol. The molecule has 1 N–H and O–H groups in total. The quantitative estimate of drug-likeness (QED) is 0.419. The Kier molecular flexibility index (Phi) is 12.3. The van der Waals surface area contributed by atoms with Crippen LogP contribution in [0.4, 0.5) is 0 Å². The van der Waals surface area contributed by atoms with Crippen LogP contribution in [0.1, 0.15) is 46.0 Å². The van der Waals surface area contributed by atoms with Gasteiger partial charge in [0.1, 0.15) is 5.54 Å². The number of ether oxygens (including phenoxy) is 2. The summed E-state index contributed by atoms with van der Waals surface area (Å²) in [4.78, 5) is 11.9. The average molecular weight is 305 g/mol. The summed E-state index contributed by atoms with van der Waals surface area (Å²) in [6, 6.07) is 0. The number of nitrogens with one attached hydrogen (secondary N) is 1. The third kappa shape index (κ3) is 8.82. The molecule has 5 heteroatoms. The summed E-state index contributed by atoms with van der Waals surface area (Å²) in [5.74, 6) is 2.14. The molecule has 1 unspecified atom stereocenters. The smallest absolute Gasteiger partial charge is 0.325 e. The van der Waals surface area contributed by atoms with Gasteiger partial charge in [-0.3, -0.25) is 4.79 Å². The van der Waals surface area contributed by atoms with Crippen molar-refractivity contribution in [2.24, 2.45) is 0 Å². The minimum atomic E-state index is -0.536. The molecule has 0 saturated heterocycles. The molecule has 0 aromatic carbocycles. The van der Waals surface area contributed by atoms with Crippen LogP contribution in [-0.2, 0) is 14.3 Å². The Morgan fingerprint density at radius 2 is 1.90 bits per heavy atom. The van der Waals surface area contributed by atoms with E-state index in [9.17, 15) is 4.79 Å². The molecule has 1 atom stereocenters. The first-order valence-electron chi connectivity index (χ1n) is 7.50. The highest BCUT2D eigenvalue weighted by Crippen LogP contribution is 2.17. The zero-order valence-corrected chi connectivity index (χ0v) is 14.3. The molecular weight excluding hydrogens is 274 g/mol. The highest BCUT2D eigenvalue weighted by Gasteiger charge is 2.32. The molecule has 0 radical (unpaired) electrons. The van der Waals surface area contributed by atoms with Crippen LogP contribution < -0.4 is 5.32 Å². The molecule has 0 amide bonds. The largest absolute Gasteiger partial charge is 0.468 e. The zero-order chi connectivity index (χ0) is 15.3. The van der Waals surface area contributed by atoms with Crippen LogP contribution in [0, 0.1) is 0 Å². The van der Waals surface area contributed by atoms with Gasteiger partial charge in [-0.1, -0.05) is 13.3 Å². The number of hydrogen-bond donors (Lipinski definition) is 1. The fourth-order valence-corrected chi connectivity index (χ4v) is 2.91. The van der Waals surface area contributed by atoms with Crippen molar-refractivity contribution in [3.8, 4) is 0 Å². The lowest BCUT2D eigenvalue weighted by Crippen LogP contribution is -2.50. The molecule has 0 aliphatic heterocycles. The van der Waals surface area contributed by atoms with E-state index < -0.39 is 5.54 Å². The predicted molar refractivity (Wildman–Crippen MR) is 86.4 cm³/mol. The summed E-state index contributed by atoms with van der Waals surface area (Å²) >= 11 is 1.96. The van der Waals surface area contributed by atoms with Crippen LogP contribution in [0.5, 0.6) is 0 Å². The van der Waals surface area contributed by atoms with E-state index in [4.69, 9.17) is 9.47 Å². The number of esters is 1. The number of rotatable bonds is 13. The third-order valence-corrected chi connectivity index (χ3v) is 4.41. The predicted octanol–water partition coefficient (Wildman–Crippen LogP) is 2.86. The van der Waals surface area contributed by atoms with Gasteiger partial charge in [0.15, 0.2) is 0 Å². The van der Waals surface area contributed by atoms with Gasteiger partial charge >= 0.3 is 5.97 Å². The van der Waals surface area contributed by atoms with E-state index in [-0.39, 0.29) is 5.97 Å². The molecular formula is C15H31NO3S. The molecule has 0 heterocycles. The van der Waals surface area contributed by atoms with Crippen molar-refractivity contribution < 1.29 is 14.3 Å². The number of methoxy groups -OCH3 is 2. The summed E-state index contributed by atoms with van der Waals surface area (Å²) in [6.45, 7) is 5.73. The second-order valence-corrected chi connectivity index (χ2v) is 6.39. The van der Waals surface area contributed by atoms with E-state index in [1.807, 2.05) is 18.7 Å². The molecule has 0 aromatic rings. The van der Waals surface area contributed by atoms with E-state index >= 15 is 0 Å². The molecule has 0 fully saturated rings. The molecule has 0 bridgehead atoms. The SMILES string of the molecule is CCCNC(C)(CCCCSCCCOC)C(=O)OC. The zero-order valence-electron chi connectivity index (χ0n) is 13.5. The van der Waals surface area contributed by atoms with E-state index in [0.29, 0.717) is 0 Å². The number of unbranched alkanes of at least 4 members (excludes halogenated alkanes) is 1. The minimum Gasteiger partial charge on any atom is -0.468 e. The molecule has 0 aliphatic rings.